The maximum atomic E-state index is 3.75. The first-order chi connectivity index (χ1) is 8.70. The van der Waals surface area contributed by atoms with Gasteiger partial charge in [0.2, 0.25) is 0 Å². The van der Waals surface area contributed by atoms with Gasteiger partial charge < -0.3 is 5.32 Å². The molecular formula is C15H22BrNS. The zero-order valence-corrected chi connectivity index (χ0v) is 13.6. The number of aryl methyl sites for hydroxylation is 1. The number of thioether (sulfide) groups is 1. The van der Waals surface area contributed by atoms with Crippen molar-refractivity contribution in [1.29, 1.82) is 0 Å². The van der Waals surface area contributed by atoms with Crippen molar-refractivity contribution in [2.75, 3.05) is 6.26 Å². The molecule has 2 unspecified atom stereocenters. The summed E-state index contributed by atoms with van der Waals surface area (Å²) in [6, 6.07) is 7.33. The van der Waals surface area contributed by atoms with Gasteiger partial charge in [-0.05, 0) is 43.2 Å². The Morgan fingerprint density at radius 2 is 2.11 bits per heavy atom. The first-order valence-electron chi connectivity index (χ1n) is 6.72. The van der Waals surface area contributed by atoms with Gasteiger partial charge in [0.25, 0.3) is 0 Å². The predicted octanol–water partition coefficient (Wildman–Crippen LogP) is 4.52. The van der Waals surface area contributed by atoms with E-state index in [-0.39, 0.29) is 0 Å². The maximum absolute atomic E-state index is 3.75. The topological polar surface area (TPSA) is 12.0 Å². The molecule has 1 fully saturated rings. The van der Waals surface area contributed by atoms with E-state index in [9.17, 15) is 0 Å². The fraction of sp³-hybridized carbons (Fsp3) is 0.600. The summed E-state index contributed by atoms with van der Waals surface area (Å²) in [6.45, 7) is 3.15. The Hall–Kier alpha value is 0.01000. The van der Waals surface area contributed by atoms with Crippen molar-refractivity contribution >= 4 is 27.7 Å². The highest BCUT2D eigenvalue weighted by Gasteiger charge is 2.23. The lowest BCUT2D eigenvalue weighted by molar-refractivity contribution is 0.383. The minimum atomic E-state index is 0.692. The molecule has 0 aliphatic heterocycles. The summed E-state index contributed by atoms with van der Waals surface area (Å²) in [5, 5.41) is 4.55. The van der Waals surface area contributed by atoms with Crippen LogP contribution in [-0.4, -0.2) is 17.5 Å². The number of hydrogen-bond acceptors (Lipinski definition) is 2. The molecule has 1 aromatic carbocycles. The maximum Gasteiger partial charge on any atom is 0.0208 e. The second kappa shape index (κ2) is 6.97. The van der Waals surface area contributed by atoms with Crippen LogP contribution >= 0.6 is 27.7 Å². The van der Waals surface area contributed by atoms with E-state index < -0.39 is 0 Å². The van der Waals surface area contributed by atoms with Crippen molar-refractivity contribution in [2.45, 2.75) is 50.4 Å². The third kappa shape index (κ3) is 3.75. The Balaban J connectivity index is 1.91. The second-order valence-corrected chi connectivity index (χ2v) is 7.06. The highest BCUT2D eigenvalue weighted by molar-refractivity contribution is 9.10. The molecule has 0 aromatic heterocycles. The highest BCUT2D eigenvalue weighted by atomic mass is 79.9. The standard InChI is InChI=1S/C15H22BrNS/c1-11-9-12(7-8-13(11)16)10-17-14-5-3-4-6-15(14)18-2/h7-9,14-15,17H,3-6,10H2,1-2H3. The van der Waals surface area contributed by atoms with Gasteiger partial charge in [0.15, 0.2) is 0 Å². The van der Waals surface area contributed by atoms with Gasteiger partial charge in [-0.25, -0.2) is 0 Å². The lowest BCUT2D eigenvalue weighted by Crippen LogP contribution is -2.39. The Morgan fingerprint density at radius 3 is 2.83 bits per heavy atom. The van der Waals surface area contributed by atoms with Crippen LogP contribution in [0.4, 0.5) is 0 Å². The van der Waals surface area contributed by atoms with Gasteiger partial charge in [0, 0.05) is 22.3 Å². The molecule has 0 heterocycles. The summed E-state index contributed by atoms with van der Waals surface area (Å²) in [6.07, 6.45) is 7.74. The van der Waals surface area contributed by atoms with Crippen molar-refractivity contribution in [3.8, 4) is 0 Å². The van der Waals surface area contributed by atoms with Gasteiger partial charge in [0.05, 0.1) is 0 Å². The average molecular weight is 328 g/mol. The van der Waals surface area contributed by atoms with Crippen LogP contribution < -0.4 is 5.32 Å². The zero-order chi connectivity index (χ0) is 13.0. The van der Waals surface area contributed by atoms with E-state index in [4.69, 9.17) is 0 Å². The van der Waals surface area contributed by atoms with Crippen LogP contribution in [0.25, 0.3) is 0 Å². The van der Waals surface area contributed by atoms with E-state index in [1.807, 2.05) is 11.8 Å². The predicted molar refractivity (Wildman–Crippen MR) is 85.3 cm³/mol. The molecule has 0 bridgehead atoms. The Morgan fingerprint density at radius 1 is 1.33 bits per heavy atom. The Bertz CT molecular complexity index is 394. The number of benzene rings is 1. The lowest BCUT2D eigenvalue weighted by atomic mass is 9.94. The minimum absolute atomic E-state index is 0.692. The number of rotatable bonds is 4. The molecule has 1 aromatic rings. The molecule has 1 nitrogen and oxygen atoms in total. The van der Waals surface area contributed by atoms with Crippen molar-refractivity contribution in [3.05, 3.63) is 33.8 Å². The Kier molecular flexibility index (Phi) is 5.58. The molecule has 2 rings (SSSR count). The fourth-order valence-corrected chi connectivity index (χ4v) is 3.89. The van der Waals surface area contributed by atoms with Crippen LogP contribution in [0.1, 0.15) is 36.8 Å². The van der Waals surface area contributed by atoms with Crippen molar-refractivity contribution in [3.63, 3.8) is 0 Å². The summed E-state index contributed by atoms with van der Waals surface area (Å²) in [4.78, 5) is 0. The van der Waals surface area contributed by atoms with E-state index in [2.05, 4.69) is 52.6 Å². The molecule has 100 valence electrons. The number of halogens is 1. The van der Waals surface area contributed by atoms with Gasteiger partial charge in [-0.15, -0.1) is 0 Å². The van der Waals surface area contributed by atoms with Crippen LogP contribution in [0.2, 0.25) is 0 Å². The van der Waals surface area contributed by atoms with Crippen molar-refractivity contribution in [2.24, 2.45) is 0 Å². The van der Waals surface area contributed by atoms with E-state index in [0.717, 1.165) is 11.8 Å². The van der Waals surface area contributed by atoms with Gasteiger partial charge in [-0.2, -0.15) is 11.8 Å². The number of hydrogen-bond donors (Lipinski definition) is 1. The number of nitrogens with one attached hydrogen (secondary N) is 1. The van der Waals surface area contributed by atoms with E-state index in [1.165, 1.54) is 41.3 Å². The quantitative estimate of drug-likeness (QED) is 0.872. The molecular weight excluding hydrogens is 306 g/mol. The average Bonchev–Trinajstić information content (AvgIpc) is 2.40. The third-order valence-electron chi connectivity index (χ3n) is 3.80. The van der Waals surface area contributed by atoms with Crippen LogP contribution in [0, 0.1) is 6.92 Å². The smallest absolute Gasteiger partial charge is 0.0208 e. The molecule has 2 atom stereocenters. The molecule has 0 amide bonds. The largest absolute Gasteiger partial charge is 0.309 e. The molecule has 3 heteroatoms. The summed E-state index contributed by atoms with van der Waals surface area (Å²) in [7, 11) is 0. The summed E-state index contributed by atoms with van der Waals surface area (Å²) in [5.74, 6) is 0. The van der Waals surface area contributed by atoms with Crippen molar-refractivity contribution in [1.82, 2.24) is 5.32 Å². The lowest BCUT2D eigenvalue weighted by Gasteiger charge is -2.31. The van der Waals surface area contributed by atoms with Crippen LogP contribution in [0.5, 0.6) is 0 Å². The first kappa shape index (κ1) is 14.4. The normalized spacial score (nSPS) is 24.2. The fourth-order valence-electron chi connectivity index (χ4n) is 2.68. The van der Waals surface area contributed by atoms with Gasteiger partial charge >= 0.3 is 0 Å². The molecule has 0 saturated heterocycles. The molecule has 1 saturated carbocycles. The molecule has 0 spiro atoms. The van der Waals surface area contributed by atoms with Crippen LogP contribution in [0.3, 0.4) is 0 Å². The van der Waals surface area contributed by atoms with Crippen molar-refractivity contribution < 1.29 is 0 Å². The van der Waals surface area contributed by atoms with Gasteiger partial charge in [-0.3, -0.25) is 0 Å². The zero-order valence-electron chi connectivity index (χ0n) is 11.2. The van der Waals surface area contributed by atoms with Crippen LogP contribution in [0.15, 0.2) is 22.7 Å². The van der Waals surface area contributed by atoms with Gasteiger partial charge in [-0.1, -0.05) is 40.9 Å². The van der Waals surface area contributed by atoms with E-state index in [1.54, 1.807) is 0 Å². The van der Waals surface area contributed by atoms with Crippen LogP contribution in [-0.2, 0) is 6.54 Å². The highest BCUT2D eigenvalue weighted by Crippen LogP contribution is 2.27. The molecule has 0 radical (unpaired) electrons. The van der Waals surface area contributed by atoms with Gasteiger partial charge in [0.1, 0.15) is 0 Å². The molecule has 18 heavy (non-hydrogen) atoms. The molecule has 1 aliphatic carbocycles. The first-order valence-corrected chi connectivity index (χ1v) is 8.80. The molecule has 1 aliphatic rings. The summed E-state index contributed by atoms with van der Waals surface area (Å²) in [5.41, 5.74) is 2.71. The minimum Gasteiger partial charge on any atom is -0.309 e. The summed E-state index contributed by atoms with van der Waals surface area (Å²) < 4.78 is 1.20. The third-order valence-corrected chi connectivity index (χ3v) is 5.86. The summed E-state index contributed by atoms with van der Waals surface area (Å²) >= 11 is 5.58. The Labute approximate surface area is 123 Å². The van der Waals surface area contributed by atoms with E-state index >= 15 is 0 Å². The second-order valence-electron chi connectivity index (χ2n) is 5.13. The van der Waals surface area contributed by atoms with E-state index in [0.29, 0.717) is 6.04 Å². The SMILES string of the molecule is CSC1CCCCC1NCc1ccc(Br)c(C)c1. The monoisotopic (exact) mass is 327 g/mol. The molecule has 1 N–H and O–H groups in total.